The standard InChI is InChI=1S/C24H19BrN2O4/c1-31-19-10-4-15(5-11-19)14-27-21(17-3-2-12-26-13-17)20(23(29)24(27)30)22(28)16-6-8-18(25)9-7-16/h2-13,21,28H,14H2,1H3/b22-20-. The normalized spacial score (nSPS) is 17.7. The van der Waals surface area contributed by atoms with Crippen LogP contribution in [0.4, 0.5) is 0 Å². The number of methoxy groups -OCH3 is 1. The molecule has 0 spiro atoms. The highest BCUT2D eigenvalue weighted by Gasteiger charge is 2.46. The number of benzene rings is 2. The topological polar surface area (TPSA) is 79.7 Å². The molecule has 1 amide bonds. The largest absolute Gasteiger partial charge is 0.507 e. The molecule has 1 N–H and O–H groups in total. The highest BCUT2D eigenvalue weighted by Crippen LogP contribution is 2.40. The molecule has 1 aromatic heterocycles. The molecule has 0 saturated carbocycles. The number of hydrogen-bond donors (Lipinski definition) is 1. The Labute approximate surface area is 187 Å². The second-order valence-corrected chi connectivity index (χ2v) is 7.98. The number of pyridine rings is 1. The number of ketones is 1. The van der Waals surface area contributed by atoms with Gasteiger partial charge in [0.15, 0.2) is 0 Å². The van der Waals surface area contributed by atoms with Gasteiger partial charge in [-0.1, -0.05) is 46.3 Å². The number of halogens is 1. The molecule has 0 bridgehead atoms. The van der Waals surface area contributed by atoms with Crippen LogP contribution in [0.3, 0.4) is 0 Å². The van der Waals surface area contributed by atoms with Crippen molar-refractivity contribution in [2.45, 2.75) is 12.6 Å². The maximum Gasteiger partial charge on any atom is 0.295 e. The van der Waals surface area contributed by atoms with Crippen LogP contribution in [0.2, 0.25) is 0 Å². The summed E-state index contributed by atoms with van der Waals surface area (Å²) in [5.41, 5.74) is 1.99. The molecular formula is C24H19BrN2O4. The molecule has 0 radical (unpaired) electrons. The molecule has 1 atom stereocenters. The molecule has 2 heterocycles. The lowest BCUT2D eigenvalue weighted by Gasteiger charge is -2.25. The second kappa shape index (κ2) is 8.73. The first kappa shape index (κ1) is 20.8. The Morgan fingerprint density at radius 3 is 2.42 bits per heavy atom. The lowest BCUT2D eigenvalue weighted by molar-refractivity contribution is -0.140. The Balaban J connectivity index is 1.80. The monoisotopic (exact) mass is 478 g/mol. The Hall–Kier alpha value is -3.45. The summed E-state index contributed by atoms with van der Waals surface area (Å²) in [6.07, 6.45) is 3.22. The van der Waals surface area contributed by atoms with Crippen LogP contribution in [-0.4, -0.2) is 33.8 Å². The van der Waals surface area contributed by atoms with Crippen LogP contribution < -0.4 is 4.74 Å². The van der Waals surface area contributed by atoms with Crippen molar-refractivity contribution < 1.29 is 19.4 Å². The van der Waals surface area contributed by atoms with E-state index in [1.807, 2.05) is 12.1 Å². The first-order valence-corrected chi connectivity index (χ1v) is 10.4. The highest BCUT2D eigenvalue weighted by atomic mass is 79.9. The number of aromatic nitrogens is 1. The Morgan fingerprint density at radius 2 is 1.81 bits per heavy atom. The van der Waals surface area contributed by atoms with E-state index in [-0.39, 0.29) is 17.9 Å². The molecule has 1 aliphatic rings. The van der Waals surface area contributed by atoms with Crippen molar-refractivity contribution in [1.29, 1.82) is 0 Å². The van der Waals surface area contributed by atoms with Crippen LogP contribution in [0, 0.1) is 0 Å². The van der Waals surface area contributed by atoms with Crippen LogP contribution in [0.5, 0.6) is 5.75 Å². The number of aliphatic hydroxyl groups is 1. The lowest BCUT2D eigenvalue weighted by atomic mass is 9.96. The van der Waals surface area contributed by atoms with Crippen molar-refractivity contribution >= 4 is 33.4 Å². The van der Waals surface area contributed by atoms with Gasteiger partial charge in [-0.3, -0.25) is 14.6 Å². The zero-order valence-electron chi connectivity index (χ0n) is 16.7. The van der Waals surface area contributed by atoms with Gasteiger partial charge in [0.05, 0.1) is 18.7 Å². The third-order valence-electron chi connectivity index (χ3n) is 5.17. The molecule has 2 aromatic carbocycles. The molecule has 4 rings (SSSR count). The Morgan fingerprint density at radius 1 is 1.10 bits per heavy atom. The minimum absolute atomic E-state index is 0.0498. The Kier molecular flexibility index (Phi) is 5.86. The summed E-state index contributed by atoms with van der Waals surface area (Å²) < 4.78 is 6.03. The van der Waals surface area contributed by atoms with E-state index >= 15 is 0 Å². The van der Waals surface area contributed by atoms with Gasteiger partial charge in [0.1, 0.15) is 11.5 Å². The number of carbonyl (C=O) groups excluding carboxylic acids is 2. The van der Waals surface area contributed by atoms with Crippen LogP contribution in [-0.2, 0) is 16.1 Å². The third kappa shape index (κ3) is 4.09. The predicted octanol–water partition coefficient (Wildman–Crippen LogP) is 4.47. The molecule has 1 fully saturated rings. The van der Waals surface area contributed by atoms with Gasteiger partial charge >= 0.3 is 0 Å². The predicted molar refractivity (Wildman–Crippen MR) is 119 cm³/mol. The van der Waals surface area contributed by atoms with Gasteiger partial charge in [0, 0.05) is 29.0 Å². The van der Waals surface area contributed by atoms with Crippen LogP contribution in [0.15, 0.2) is 83.1 Å². The number of likely N-dealkylation sites (tertiary alicyclic amines) is 1. The van der Waals surface area contributed by atoms with Gasteiger partial charge in [-0.15, -0.1) is 0 Å². The molecule has 1 aliphatic heterocycles. The molecule has 1 saturated heterocycles. The highest BCUT2D eigenvalue weighted by molar-refractivity contribution is 9.10. The molecule has 3 aromatic rings. The maximum absolute atomic E-state index is 13.0. The van der Waals surface area contributed by atoms with Crippen molar-refractivity contribution in [1.82, 2.24) is 9.88 Å². The number of ether oxygens (including phenoxy) is 1. The summed E-state index contributed by atoms with van der Waals surface area (Å²) in [4.78, 5) is 31.6. The Bertz CT molecular complexity index is 1140. The minimum atomic E-state index is -0.751. The number of amides is 1. The van der Waals surface area contributed by atoms with E-state index in [0.717, 1.165) is 10.0 Å². The molecular weight excluding hydrogens is 460 g/mol. The van der Waals surface area contributed by atoms with Crippen molar-refractivity contribution in [3.8, 4) is 5.75 Å². The van der Waals surface area contributed by atoms with Crippen molar-refractivity contribution in [2.24, 2.45) is 0 Å². The minimum Gasteiger partial charge on any atom is -0.507 e. The molecule has 0 aliphatic carbocycles. The second-order valence-electron chi connectivity index (χ2n) is 7.07. The van der Waals surface area contributed by atoms with Gasteiger partial charge < -0.3 is 14.7 Å². The maximum atomic E-state index is 13.0. The fourth-order valence-corrected chi connectivity index (χ4v) is 3.88. The van der Waals surface area contributed by atoms with Crippen LogP contribution >= 0.6 is 15.9 Å². The van der Waals surface area contributed by atoms with Crippen molar-refractivity contribution in [2.75, 3.05) is 7.11 Å². The average molecular weight is 479 g/mol. The third-order valence-corrected chi connectivity index (χ3v) is 5.70. The zero-order valence-corrected chi connectivity index (χ0v) is 18.2. The van der Waals surface area contributed by atoms with Gasteiger partial charge in [-0.05, 0) is 41.5 Å². The molecule has 31 heavy (non-hydrogen) atoms. The number of aliphatic hydroxyl groups excluding tert-OH is 1. The van der Waals surface area contributed by atoms with Gasteiger partial charge in [-0.25, -0.2) is 0 Å². The van der Waals surface area contributed by atoms with Gasteiger partial charge in [0.2, 0.25) is 0 Å². The SMILES string of the molecule is COc1ccc(CN2C(=O)C(=O)/C(=C(\O)c3ccc(Br)cc3)C2c2cccnc2)cc1. The van der Waals surface area contributed by atoms with E-state index in [9.17, 15) is 14.7 Å². The summed E-state index contributed by atoms with van der Waals surface area (Å²) in [6, 6.07) is 17.0. The number of nitrogens with zero attached hydrogens (tertiary/aromatic N) is 2. The van der Waals surface area contributed by atoms with E-state index in [4.69, 9.17) is 4.74 Å². The van der Waals surface area contributed by atoms with Gasteiger partial charge in [-0.2, -0.15) is 0 Å². The smallest absolute Gasteiger partial charge is 0.295 e. The first-order chi connectivity index (χ1) is 15.0. The molecule has 156 valence electrons. The quantitative estimate of drug-likeness (QED) is 0.332. The van der Waals surface area contributed by atoms with E-state index in [1.165, 1.54) is 4.90 Å². The fraction of sp³-hybridized carbons (Fsp3) is 0.125. The zero-order chi connectivity index (χ0) is 22.0. The van der Waals surface area contributed by atoms with Crippen LogP contribution in [0.1, 0.15) is 22.7 Å². The summed E-state index contributed by atoms with van der Waals surface area (Å²) in [6.45, 7) is 0.200. The summed E-state index contributed by atoms with van der Waals surface area (Å²) >= 11 is 3.36. The molecule has 1 unspecified atom stereocenters. The van der Waals surface area contributed by atoms with Crippen molar-refractivity contribution in [3.05, 3.63) is 99.8 Å². The molecule has 6 nitrogen and oxygen atoms in total. The summed E-state index contributed by atoms with van der Waals surface area (Å²) in [5, 5.41) is 11.0. The number of hydrogen-bond acceptors (Lipinski definition) is 5. The van der Waals surface area contributed by atoms with E-state index in [1.54, 1.807) is 68.0 Å². The fourth-order valence-electron chi connectivity index (χ4n) is 3.62. The number of rotatable bonds is 5. The average Bonchev–Trinajstić information content (AvgIpc) is 3.05. The van der Waals surface area contributed by atoms with Crippen LogP contribution in [0.25, 0.3) is 5.76 Å². The van der Waals surface area contributed by atoms with E-state index < -0.39 is 17.7 Å². The van der Waals surface area contributed by atoms with Crippen molar-refractivity contribution in [3.63, 3.8) is 0 Å². The lowest BCUT2D eigenvalue weighted by Crippen LogP contribution is -2.29. The van der Waals surface area contributed by atoms with E-state index in [0.29, 0.717) is 16.9 Å². The van der Waals surface area contributed by atoms with Gasteiger partial charge in [0.25, 0.3) is 11.7 Å². The number of Topliss-reactive ketones (excluding diaryl/α,β-unsaturated/α-hetero) is 1. The first-order valence-electron chi connectivity index (χ1n) is 9.57. The number of carbonyl (C=O) groups is 2. The van der Waals surface area contributed by atoms with E-state index in [2.05, 4.69) is 20.9 Å². The molecule has 7 heteroatoms. The summed E-state index contributed by atoms with van der Waals surface area (Å²) in [7, 11) is 1.58. The summed E-state index contributed by atoms with van der Waals surface area (Å²) in [5.74, 6) is -0.895.